The normalized spacial score (nSPS) is 16.5. The largest absolute Gasteiger partial charge is 0.306 e. The molecular formula is C17H14F2N2. The fourth-order valence-electron chi connectivity index (χ4n) is 2.83. The van der Waals surface area contributed by atoms with Crippen molar-refractivity contribution < 1.29 is 8.78 Å². The van der Waals surface area contributed by atoms with Crippen LogP contribution in [0.1, 0.15) is 34.7 Å². The third-order valence-corrected chi connectivity index (χ3v) is 3.93. The molecule has 0 bridgehead atoms. The van der Waals surface area contributed by atoms with Gasteiger partial charge in [-0.1, -0.05) is 24.3 Å². The van der Waals surface area contributed by atoms with Crippen LogP contribution in [-0.4, -0.2) is 0 Å². The summed E-state index contributed by atoms with van der Waals surface area (Å²) in [6, 6.07) is 12.1. The molecule has 0 amide bonds. The molecule has 1 aliphatic rings. The van der Waals surface area contributed by atoms with Crippen LogP contribution in [0.15, 0.2) is 36.4 Å². The lowest BCUT2D eigenvalue weighted by molar-refractivity contribution is 0.489. The van der Waals surface area contributed by atoms with E-state index < -0.39 is 11.6 Å². The van der Waals surface area contributed by atoms with Crippen LogP contribution in [0.2, 0.25) is 0 Å². The van der Waals surface area contributed by atoms with E-state index in [-0.39, 0.29) is 23.7 Å². The molecule has 21 heavy (non-hydrogen) atoms. The van der Waals surface area contributed by atoms with Gasteiger partial charge < -0.3 is 5.32 Å². The maximum atomic E-state index is 13.8. The summed E-state index contributed by atoms with van der Waals surface area (Å²) in [6.45, 7) is 0.113. The predicted octanol–water partition coefficient (Wildman–Crippen LogP) is 3.61. The number of hydrogen-bond acceptors (Lipinski definition) is 2. The lowest BCUT2D eigenvalue weighted by Crippen LogP contribution is -2.20. The van der Waals surface area contributed by atoms with Crippen molar-refractivity contribution in [2.45, 2.75) is 25.4 Å². The van der Waals surface area contributed by atoms with Crippen molar-refractivity contribution in [3.8, 4) is 6.07 Å². The van der Waals surface area contributed by atoms with Crippen LogP contribution >= 0.6 is 0 Å². The molecule has 0 radical (unpaired) electrons. The van der Waals surface area contributed by atoms with Crippen LogP contribution < -0.4 is 5.32 Å². The lowest BCUT2D eigenvalue weighted by atomic mass is 10.1. The van der Waals surface area contributed by atoms with Gasteiger partial charge in [-0.3, -0.25) is 0 Å². The van der Waals surface area contributed by atoms with E-state index in [4.69, 9.17) is 5.26 Å². The molecule has 1 N–H and O–H groups in total. The Balaban J connectivity index is 1.77. The summed E-state index contributed by atoms with van der Waals surface area (Å²) in [4.78, 5) is 0. The Bertz CT molecular complexity index is 696. The quantitative estimate of drug-likeness (QED) is 0.934. The highest BCUT2D eigenvalue weighted by molar-refractivity contribution is 5.36. The standard InChI is InChI=1S/C17H14F2N2/c18-15-7-11(9-20)8-16(19)14(15)10-21-17-6-5-12-3-1-2-4-13(12)17/h1-4,7-8,17,21H,5-6,10H2. The van der Waals surface area contributed by atoms with Crippen molar-refractivity contribution in [2.24, 2.45) is 0 Å². The number of halogens is 2. The average Bonchev–Trinajstić information content (AvgIpc) is 2.89. The van der Waals surface area contributed by atoms with Gasteiger partial charge in [0.2, 0.25) is 0 Å². The van der Waals surface area contributed by atoms with E-state index in [1.54, 1.807) is 6.07 Å². The molecule has 0 saturated carbocycles. The molecule has 0 aromatic heterocycles. The maximum absolute atomic E-state index is 13.8. The van der Waals surface area contributed by atoms with E-state index in [1.165, 1.54) is 11.1 Å². The second kappa shape index (κ2) is 5.63. The Labute approximate surface area is 122 Å². The Morgan fingerprint density at radius 3 is 2.62 bits per heavy atom. The zero-order chi connectivity index (χ0) is 14.8. The van der Waals surface area contributed by atoms with Crippen LogP contribution in [-0.2, 0) is 13.0 Å². The monoisotopic (exact) mass is 284 g/mol. The van der Waals surface area contributed by atoms with Crippen LogP contribution in [0.3, 0.4) is 0 Å². The predicted molar refractivity (Wildman–Crippen MR) is 75.4 cm³/mol. The van der Waals surface area contributed by atoms with Crippen molar-refractivity contribution >= 4 is 0 Å². The van der Waals surface area contributed by atoms with Crippen molar-refractivity contribution in [3.63, 3.8) is 0 Å². The summed E-state index contributed by atoms with van der Waals surface area (Å²) in [6.07, 6.45) is 1.91. The molecule has 1 unspecified atom stereocenters. The molecule has 1 aliphatic carbocycles. The minimum absolute atomic E-state index is 0.0000352. The van der Waals surface area contributed by atoms with Gasteiger partial charge in [-0.15, -0.1) is 0 Å². The number of benzene rings is 2. The van der Waals surface area contributed by atoms with Crippen molar-refractivity contribution in [2.75, 3.05) is 0 Å². The average molecular weight is 284 g/mol. The minimum Gasteiger partial charge on any atom is -0.306 e. The first-order chi connectivity index (χ1) is 10.2. The number of hydrogen-bond donors (Lipinski definition) is 1. The minimum atomic E-state index is -0.676. The first-order valence-corrected chi connectivity index (χ1v) is 6.88. The number of rotatable bonds is 3. The highest BCUT2D eigenvalue weighted by Gasteiger charge is 2.22. The van der Waals surface area contributed by atoms with Gasteiger partial charge in [0.05, 0.1) is 11.6 Å². The molecule has 0 saturated heterocycles. The maximum Gasteiger partial charge on any atom is 0.131 e. The fourth-order valence-corrected chi connectivity index (χ4v) is 2.83. The zero-order valence-corrected chi connectivity index (χ0v) is 11.4. The molecule has 0 fully saturated rings. The number of nitrogens with one attached hydrogen (secondary N) is 1. The van der Waals surface area contributed by atoms with Gasteiger partial charge in [-0.2, -0.15) is 5.26 Å². The molecule has 0 spiro atoms. The second-order valence-corrected chi connectivity index (χ2v) is 5.20. The molecule has 2 aromatic carbocycles. The summed E-state index contributed by atoms with van der Waals surface area (Å²) in [5.41, 5.74) is 2.47. The van der Waals surface area contributed by atoms with Crippen LogP contribution in [0, 0.1) is 23.0 Å². The topological polar surface area (TPSA) is 35.8 Å². The van der Waals surface area contributed by atoms with Gasteiger partial charge in [-0.05, 0) is 36.1 Å². The summed E-state index contributed by atoms with van der Waals surface area (Å²) < 4.78 is 27.7. The molecule has 4 heteroatoms. The third-order valence-electron chi connectivity index (χ3n) is 3.93. The Morgan fingerprint density at radius 2 is 1.90 bits per heavy atom. The van der Waals surface area contributed by atoms with E-state index >= 15 is 0 Å². The van der Waals surface area contributed by atoms with Gasteiger partial charge in [-0.25, -0.2) is 8.78 Å². The third kappa shape index (κ3) is 2.65. The van der Waals surface area contributed by atoms with E-state index in [2.05, 4.69) is 11.4 Å². The van der Waals surface area contributed by atoms with Gasteiger partial charge in [0, 0.05) is 18.2 Å². The van der Waals surface area contributed by atoms with Crippen molar-refractivity contribution in [1.29, 1.82) is 5.26 Å². The van der Waals surface area contributed by atoms with Gasteiger partial charge >= 0.3 is 0 Å². The highest BCUT2D eigenvalue weighted by Crippen LogP contribution is 2.31. The van der Waals surface area contributed by atoms with Gasteiger partial charge in [0.25, 0.3) is 0 Å². The van der Waals surface area contributed by atoms with E-state index in [0.717, 1.165) is 25.0 Å². The first-order valence-electron chi connectivity index (χ1n) is 6.88. The second-order valence-electron chi connectivity index (χ2n) is 5.20. The SMILES string of the molecule is N#Cc1cc(F)c(CNC2CCc3ccccc32)c(F)c1. The summed E-state index contributed by atoms with van der Waals surface area (Å²) in [7, 11) is 0. The molecule has 2 nitrogen and oxygen atoms in total. The molecule has 0 aliphatic heterocycles. The Hall–Kier alpha value is -2.25. The summed E-state index contributed by atoms with van der Waals surface area (Å²) in [5.74, 6) is -1.35. The Morgan fingerprint density at radius 1 is 1.19 bits per heavy atom. The lowest BCUT2D eigenvalue weighted by Gasteiger charge is -2.15. The molecule has 3 rings (SSSR count). The zero-order valence-electron chi connectivity index (χ0n) is 11.4. The number of nitrogens with zero attached hydrogens (tertiary/aromatic N) is 1. The fraction of sp³-hybridized carbons (Fsp3) is 0.235. The molecule has 106 valence electrons. The molecule has 0 heterocycles. The number of aryl methyl sites for hydroxylation is 1. The summed E-state index contributed by atoms with van der Waals surface area (Å²) in [5, 5.41) is 11.9. The van der Waals surface area contributed by atoms with Crippen LogP contribution in [0.4, 0.5) is 8.78 Å². The van der Waals surface area contributed by atoms with E-state index in [9.17, 15) is 8.78 Å². The van der Waals surface area contributed by atoms with E-state index in [1.807, 2.05) is 18.2 Å². The summed E-state index contributed by atoms with van der Waals surface area (Å²) >= 11 is 0. The smallest absolute Gasteiger partial charge is 0.131 e. The van der Waals surface area contributed by atoms with Crippen LogP contribution in [0.25, 0.3) is 0 Å². The highest BCUT2D eigenvalue weighted by atomic mass is 19.1. The Kier molecular flexibility index (Phi) is 3.68. The van der Waals surface area contributed by atoms with Crippen molar-refractivity contribution in [1.82, 2.24) is 5.32 Å². The first kappa shape index (κ1) is 13.7. The van der Waals surface area contributed by atoms with Crippen LogP contribution in [0.5, 0.6) is 0 Å². The van der Waals surface area contributed by atoms with Gasteiger partial charge in [0.15, 0.2) is 0 Å². The van der Waals surface area contributed by atoms with Gasteiger partial charge in [0.1, 0.15) is 11.6 Å². The molecule has 2 aromatic rings. The molecular weight excluding hydrogens is 270 g/mol. The number of fused-ring (bicyclic) bond motifs is 1. The van der Waals surface area contributed by atoms with Crippen molar-refractivity contribution in [3.05, 3.63) is 70.3 Å². The van der Waals surface area contributed by atoms with E-state index in [0.29, 0.717) is 0 Å². The molecule has 1 atom stereocenters. The number of nitriles is 1.